The van der Waals surface area contributed by atoms with Crippen LogP contribution in [0.15, 0.2) is 11.5 Å². The van der Waals surface area contributed by atoms with E-state index >= 15 is 0 Å². The number of hydrogen-bond donors (Lipinski definition) is 0. The zero-order valence-corrected chi connectivity index (χ0v) is 5.50. The molecule has 0 aromatic heterocycles. The summed E-state index contributed by atoms with van der Waals surface area (Å²) < 4.78 is 0. The Kier molecular flexibility index (Phi) is 6.17. The predicted molar refractivity (Wildman–Crippen MR) is 37.2 cm³/mol. The predicted octanol–water partition coefficient (Wildman–Crippen LogP) is 2.48. The molecule has 0 aliphatic heterocycles. The van der Waals surface area contributed by atoms with Gasteiger partial charge in [0.2, 0.25) is 0 Å². The van der Waals surface area contributed by atoms with E-state index in [1.54, 1.807) is 11.8 Å². The van der Waals surface area contributed by atoms with Crippen molar-refractivity contribution in [2.24, 2.45) is 0 Å². The van der Waals surface area contributed by atoms with Crippen LogP contribution in [0.3, 0.4) is 0 Å². The maximum Gasteiger partial charge on any atom is -0.0142 e. The van der Waals surface area contributed by atoms with Crippen molar-refractivity contribution in [3.05, 3.63) is 18.4 Å². The van der Waals surface area contributed by atoms with Gasteiger partial charge >= 0.3 is 0 Å². The monoisotopic (exact) mass is 115 g/mol. The summed E-state index contributed by atoms with van der Waals surface area (Å²) >= 11 is 1.73. The van der Waals surface area contributed by atoms with Gasteiger partial charge in [-0.25, -0.2) is 0 Å². The van der Waals surface area contributed by atoms with Crippen LogP contribution in [0.5, 0.6) is 0 Å². The maximum atomic E-state index is 3.70. The molecule has 0 N–H and O–H groups in total. The van der Waals surface area contributed by atoms with Crippen molar-refractivity contribution in [3.63, 3.8) is 0 Å². The molecule has 0 fully saturated rings. The highest BCUT2D eigenvalue weighted by Gasteiger charge is 1.68. The summed E-state index contributed by atoms with van der Waals surface area (Å²) in [5, 5.41) is 2.09. The molecule has 0 aliphatic rings. The summed E-state index contributed by atoms with van der Waals surface area (Å²) in [5.41, 5.74) is 0. The molecule has 0 heterocycles. The van der Waals surface area contributed by atoms with Crippen molar-refractivity contribution in [2.45, 2.75) is 12.8 Å². The summed E-state index contributed by atoms with van der Waals surface area (Å²) in [6.45, 7) is 3.70. The SMILES string of the molecule is [CH2]CC/C=C/SC. The third kappa shape index (κ3) is 6.09. The Labute approximate surface area is 50.0 Å². The van der Waals surface area contributed by atoms with E-state index in [2.05, 4.69) is 24.7 Å². The van der Waals surface area contributed by atoms with E-state index in [1.165, 1.54) is 0 Å². The van der Waals surface area contributed by atoms with E-state index in [9.17, 15) is 0 Å². The fourth-order valence-electron chi connectivity index (χ4n) is 0.282. The molecule has 41 valence electrons. The summed E-state index contributed by atoms with van der Waals surface area (Å²) in [6, 6.07) is 0. The van der Waals surface area contributed by atoms with E-state index in [4.69, 9.17) is 0 Å². The lowest BCUT2D eigenvalue weighted by molar-refractivity contribution is 1.05. The van der Waals surface area contributed by atoms with Gasteiger partial charge in [0.05, 0.1) is 0 Å². The van der Waals surface area contributed by atoms with Crippen molar-refractivity contribution in [1.29, 1.82) is 0 Å². The van der Waals surface area contributed by atoms with Gasteiger partial charge in [0.15, 0.2) is 0 Å². The summed E-state index contributed by atoms with van der Waals surface area (Å²) in [7, 11) is 0. The molecule has 7 heavy (non-hydrogen) atoms. The third-order valence-electron chi connectivity index (χ3n) is 0.603. The first kappa shape index (κ1) is 7.09. The van der Waals surface area contributed by atoms with E-state index < -0.39 is 0 Å². The molecule has 1 heteroatoms. The van der Waals surface area contributed by atoms with Gasteiger partial charge in [0, 0.05) is 0 Å². The molecule has 1 radical (unpaired) electrons. The van der Waals surface area contributed by atoms with Crippen LogP contribution in [0.1, 0.15) is 12.8 Å². The maximum absolute atomic E-state index is 3.70. The van der Waals surface area contributed by atoms with Crippen LogP contribution in [0.4, 0.5) is 0 Å². The van der Waals surface area contributed by atoms with Crippen molar-refractivity contribution in [3.8, 4) is 0 Å². The van der Waals surface area contributed by atoms with Crippen LogP contribution in [0.25, 0.3) is 0 Å². The highest BCUT2D eigenvalue weighted by Crippen LogP contribution is 1.96. The lowest BCUT2D eigenvalue weighted by Gasteiger charge is -1.79. The van der Waals surface area contributed by atoms with Crippen molar-refractivity contribution >= 4 is 11.8 Å². The second kappa shape index (κ2) is 6.09. The molecule has 0 rings (SSSR count). The van der Waals surface area contributed by atoms with Gasteiger partial charge in [-0.1, -0.05) is 13.0 Å². The van der Waals surface area contributed by atoms with Gasteiger partial charge in [-0.2, -0.15) is 0 Å². The minimum Gasteiger partial charge on any atom is -0.138 e. The van der Waals surface area contributed by atoms with Gasteiger partial charge < -0.3 is 0 Å². The zero-order chi connectivity index (χ0) is 5.54. The molecule has 0 spiro atoms. The topological polar surface area (TPSA) is 0 Å². The number of rotatable bonds is 3. The highest BCUT2D eigenvalue weighted by molar-refractivity contribution is 8.01. The van der Waals surface area contributed by atoms with Gasteiger partial charge in [-0.05, 0) is 24.5 Å². The Morgan fingerprint density at radius 3 is 2.86 bits per heavy atom. The van der Waals surface area contributed by atoms with Crippen molar-refractivity contribution < 1.29 is 0 Å². The molecule has 0 saturated heterocycles. The molecule has 0 aromatic rings. The fourth-order valence-corrected chi connectivity index (χ4v) is 0.611. The Morgan fingerprint density at radius 1 is 1.71 bits per heavy atom. The molecule has 0 nitrogen and oxygen atoms in total. The standard InChI is InChI=1S/C6H11S/c1-3-4-5-6-7-2/h5-6H,1,3-4H2,2H3/b6-5+. The molecule has 0 bridgehead atoms. The van der Waals surface area contributed by atoms with Crippen LogP contribution >= 0.6 is 11.8 Å². The first-order chi connectivity index (χ1) is 3.41. The fraction of sp³-hybridized carbons (Fsp3) is 0.500. The normalized spacial score (nSPS) is 10.6. The number of thioether (sulfide) groups is 1. The third-order valence-corrected chi connectivity index (χ3v) is 1.07. The molecule has 0 amide bonds. The van der Waals surface area contributed by atoms with Crippen LogP contribution < -0.4 is 0 Å². The summed E-state index contributed by atoms with van der Waals surface area (Å²) in [6.07, 6.45) is 6.31. The number of allylic oxidation sites excluding steroid dienone is 1. The lowest BCUT2D eigenvalue weighted by atomic mass is 10.3. The molecule has 0 saturated carbocycles. The Hall–Kier alpha value is 0.0900. The first-order valence-corrected chi connectivity index (χ1v) is 3.67. The van der Waals surface area contributed by atoms with Crippen LogP contribution in [-0.2, 0) is 0 Å². The summed E-state index contributed by atoms with van der Waals surface area (Å²) in [4.78, 5) is 0. The second-order valence-corrected chi connectivity index (χ2v) is 1.99. The van der Waals surface area contributed by atoms with E-state index in [0.29, 0.717) is 0 Å². The quantitative estimate of drug-likeness (QED) is 0.544. The van der Waals surface area contributed by atoms with Crippen LogP contribution in [-0.4, -0.2) is 6.26 Å². The smallest absolute Gasteiger partial charge is 0.0142 e. The van der Waals surface area contributed by atoms with E-state index in [-0.39, 0.29) is 0 Å². The first-order valence-electron chi connectivity index (χ1n) is 2.39. The van der Waals surface area contributed by atoms with Crippen LogP contribution in [0.2, 0.25) is 0 Å². The van der Waals surface area contributed by atoms with Gasteiger partial charge in [0.1, 0.15) is 0 Å². The molecular weight excluding hydrogens is 104 g/mol. The van der Waals surface area contributed by atoms with Gasteiger partial charge in [-0.15, -0.1) is 11.8 Å². The average molecular weight is 115 g/mol. The minimum atomic E-state index is 1.01. The van der Waals surface area contributed by atoms with Gasteiger partial charge in [0.25, 0.3) is 0 Å². The average Bonchev–Trinajstić information content (AvgIpc) is 1.69. The minimum absolute atomic E-state index is 1.01. The van der Waals surface area contributed by atoms with Crippen LogP contribution in [0, 0.1) is 6.92 Å². The number of unbranched alkanes of at least 4 members (excludes halogenated alkanes) is 1. The largest absolute Gasteiger partial charge is 0.138 e. The van der Waals surface area contributed by atoms with Crippen molar-refractivity contribution in [1.82, 2.24) is 0 Å². The number of hydrogen-bond acceptors (Lipinski definition) is 1. The lowest BCUT2D eigenvalue weighted by Crippen LogP contribution is -1.57. The molecule has 0 atom stereocenters. The van der Waals surface area contributed by atoms with E-state index in [0.717, 1.165) is 12.8 Å². The van der Waals surface area contributed by atoms with E-state index in [1.807, 2.05) is 0 Å². The van der Waals surface area contributed by atoms with Gasteiger partial charge in [-0.3, -0.25) is 0 Å². The highest BCUT2D eigenvalue weighted by atomic mass is 32.2. The second-order valence-electron chi connectivity index (χ2n) is 1.25. The molecular formula is C6H11S. The molecule has 0 aromatic carbocycles. The van der Waals surface area contributed by atoms with Crippen molar-refractivity contribution in [2.75, 3.05) is 6.26 Å². The zero-order valence-electron chi connectivity index (χ0n) is 4.68. The Bertz CT molecular complexity index is 48.1. The summed E-state index contributed by atoms with van der Waals surface area (Å²) in [5.74, 6) is 0. The molecule has 0 aliphatic carbocycles. The Morgan fingerprint density at radius 2 is 2.43 bits per heavy atom. The Balaban J connectivity index is 2.78. The molecule has 0 unspecified atom stereocenters.